The molecule has 6 aromatic rings. The van der Waals surface area contributed by atoms with Gasteiger partial charge >= 0.3 is 22.7 Å². The van der Waals surface area contributed by atoms with Gasteiger partial charge in [-0.15, -0.1) is 20.5 Å². The van der Waals surface area contributed by atoms with Crippen LogP contribution in [0, 0.1) is 20.5 Å². The van der Waals surface area contributed by atoms with Crippen molar-refractivity contribution in [3.63, 3.8) is 0 Å². The van der Waals surface area contributed by atoms with Gasteiger partial charge in [0.1, 0.15) is 0 Å². The third kappa shape index (κ3) is 11.3. The average molecular weight is 804 g/mol. The minimum atomic E-state index is -4.94. The molecule has 0 N–H and O–H groups in total. The summed E-state index contributed by atoms with van der Waals surface area (Å²) in [6.45, 7) is 0. The molecule has 0 amide bonds. The van der Waals surface area contributed by atoms with Gasteiger partial charge in [0.15, 0.2) is 0 Å². The van der Waals surface area contributed by atoms with Gasteiger partial charge in [-0.3, -0.25) is 0 Å². The van der Waals surface area contributed by atoms with E-state index >= 15 is 0 Å². The van der Waals surface area contributed by atoms with Crippen molar-refractivity contribution >= 4 is 21.9 Å². The molecule has 0 saturated carbocycles. The van der Waals surface area contributed by atoms with Crippen molar-refractivity contribution in [2.75, 3.05) is 0 Å². The predicted molar refractivity (Wildman–Crippen MR) is 191 cm³/mol. The highest BCUT2D eigenvalue weighted by Gasteiger charge is 2.32. The molecule has 0 saturated heterocycles. The summed E-state index contributed by atoms with van der Waals surface area (Å²) in [6, 6.07) is 34.9. The molecule has 2 heterocycles. The second-order valence-corrected chi connectivity index (χ2v) is 15.7. The number of unbranched alkanes of at least 4 members (excludes halogenated alkanes) is 7. The molecular formula is C44H44Cl2O10. The smallest absolute Gasteiger partial charge is 0.222 e. The van der Waals surface area contributed by atoms with E-state index in [0.29, 0.717) is 0 Å². The summed E-state index contributed by atoms with van der Waals surface area (Å²) >= 11 is 0. The molecule has 0 spiro atoms. The van der Waals surface area contributed by atoms with Crippen molar-refractivity contribution < 1.29 is 66.6 Å². The predicted octanol–water partition coefficient (Wildman–Crippen LogP) is 2.67. The molecular weight excluding hydrogens is 759 g/mol. The second kappa shape index (κ2) is 18.9. The maximum Gasteiger partial charge on any atom is 0.364 e. The van der Waals surface area contributed by atoms with E-state index in [1.165, 1.54) is 107 Å². The Kier molecular flexibility index (Phi) is 14.1. The molecule has 294 valence electrons. The fourth-order valence-electron chi connectivity index (χ4n) is 8.19. The molecule has 12 heteroatoms. The lowest BCUT2D eigenvalue weighted by molar-refractivity contribution is -2.00. The van der Waals surface area contributed by atoms with E-state index in [4.69, 9.17) is 46.1 Å². The van der Waals surface area contributed by atoms with E-state index in [-0.39, 0.29) is 0 Å². The third-order valence-corrected chi connectivity index (χ3v) is 10.5. The van der Waals surface area contributed by atoms with Crippen LogP contribution in [0.1, 0.15) is 84.7 Å². The molecule has 2 aliphatic rings. The highest BCUT2D eigenvalue weighted by Crippen LogP contribution is 2.41. The number of para-hydroxylation sites is 2. The first-order valence-electron chi connectivity index (χ1n) is 19.0. The number of aryl methyl sites for hydroxylation is 4. The fraction of sp³-hybridized carbons (Fsp3) is 0.318. The largest absolute Gasteiger partial charge is 0.364 e. The van der Waals surface area contributed by atoms with Crippen LogP contribution in [0.3, 0.4) is 0 Å². The lowest BCUT2D eigenvalue weighted by Crippen LogP contribution is -2.68. The van der Waals surface area contributed by atoms with Crippen LogP contribution in [0.4, 0.5) is 0 Å². The molecule has 4 aromatic carbocycles. The summed E-state index contributed by atoms with van der Waals surface area (Å²) in [5.41, 5.74) is 13.4. The van der Waals surface area contributed by atoms with Crippen LogP contribution in [0.15, 0.2) is 106 Å². The Hall–Kier alpha value is -4.04. The van der Waals surface area contributed by atoms with E-state index in [1.807, 2.05) is 0 Å². The summed E-state index contributed by atoms with van der Waals surface area (Å²) < 4.78 is 81.0. The molecule has 0 unspecified atom stereocenters. The standard InChI is InChI=1S/C44H44O2.2ClHO4/c1(3-5-7-21-35-37-23-13-15-25-41(37)45-43-33-19-11-9-17-31(33)27-29-39(35)43)2-4-6-8-22-36-38-24-14-16-26-42(38)46-44-34-20-12-10-18-32(34)28-30-40(36)44;2*2-1(3,4)5/h9-20,23-26H,1-8,21-22,27-30H2;2*(H,2,3,4,5)/q+2;;/p-2. The lowest BCUT2D eigenvalue weighted by atomic mass is 9.85. The fourth-order valence-corrected chi connectivity index (χ4v) is 8.19. The third-order valence-electron chi connectivity index (χ3n) is 10.5. The Labute approximate surface area is 330 Å². The average Bonchev–Trinajstić information content (AvgIpc) is 3.16. The van der Waals surface area contributed by atoms with E-state index in [2.05, 4.69) is 97.1 Å². The first-order chi connectivity index (χ1) is 26.8. The van der Waals surface area contributed by atoms with Crippen molar-refractivity contribution in [3.05, 3.63) is 130 Å². The van der Waals surface area contributed by atoms with Crippen LogP contribution in [0.25, 0.3) is 44.6 Å². The van der Waals surface area contributed by atoms with Crippen LogP contribution in [-0.4, -0.2) is 0 Å². The van der Waals surface area contributed by atoms with Gasteiger partial charge in [0.05, 0.1) is 33.0 Å². The van der Waals surface area contributed by atoms with Crippen LogP contribution < -0.4 is 37.3 Å². The summed E-state index contributed by atoms with van der Waals surface area (Å²) in [7, 11) is -9.89. The Morgan fingerprint density at radius 2 is 0.714 bits per heavy atom. The quantitative estimate of drug-likeness (QED) is 0.138. The number of benzene rings is 4. The number of rotatable bonds is 11. The summed E-state index contributed by atoms with van der Waals surface area (Å²) in [5.74, 6) is 2.22. The maximum atomic E-state index is 8.49. The zero-order chi connectivity index (χ0) is 39.7. The number of fused-ring (bicyclic) bond motifs is 8. The van der Waals surface area contributed by atoms with Gasteiger partial charge in [-0.1, -0.05) is 99.2 Å². The Morgan fingerprint density at radius 1 is 0.393 bits per heavy atom. The van der Waals surface area contributed by atoms with Gasteiger partial charge in [-0.05, 0) is 97.9 Å². The Morgan fingerprint density at radius 3 is 1.11 bits per heavy atom. The van der Waals surface area contributed by atoms with Crippen molar-refractivity contribution in [2.24, 2.45) is 0 Å². The summed E-state index contributed by atoms with van der Waals surface area (Å²) in [6.07, 6.45) is 17.1. The summed E-state index contributed by atoms with van der Waals surface area (Å²) in [4.78, 5) is 0. The van der Waals surface area contributed by atoms with Crippen LogP contribution in [0.5, 0.6) is 0 Å². The zero-order valence-corrected chi connectivity index (χ0v) is 32.5. The van der Waals surface area contributed by atoms with E-state index in [9.17, 15) is 0 Å². The second-order valence-electron chi connectivity index (χ2n) is 14.2. The Balaban J connectivity index is 0.000000476. The van der Waals surface area contributed by atoms with Crippen molar-refractivity contribution in [2.45, 2.75) is 89.9 Å². The van der Waals surface area contributed by atoms with Gasteiger partial charge in [0.2, 0.25) is 0 Å². The molecule has 2 aliphatic carbocycles. The minimum absolute atomic E-state index is 1.02. The number of hydrogen-bond donors (Lipinski definition) is 0. The zero-order valence-electron chi connectivity index (χ0n) is 31.0. The van der Waals surface area contributed by atoms with Gasteiger partial charge in [-0.25, -0.2) is 46.1 Å². The molecule has 10 nitrogen and oxygen atoms in total. The van der Waals surface area contributed by atoms with E-state index in [0.717, 1.165) is 61.2 Å². The van der Waals surface area contributed by atoms with Crippen molar-refractivity contribution in [1.29, 1.82) is 0 Å². The van der Waals surface area contributed by atoms with E-state index < -0.39 is 20.5 Å². The molecule has 0 atom stereocenters. The van der Waals surface area contributed by atoms with Crippen LogP contribution >= 0.6 is 0 Å². The number of halogens is 2. The van der Waals surface area contributed by atoms with Crippen molar-refractivity contribution in [3.8, 4) is 22.6 Å². The molecule has 0 aliphatic heterocycles. The first kappa shape index (κ1) is 41.6. The Bertz CT molecular complexity index is 2080. The lowest BCUT2D eigenvalue weighted by Gasteiger charge is -2.17. The molecule has 0 bridgehead atoms. The normalized spacial score (nSPS) is 13.1. The van der Waals surface area contributed by atoms with Gasteiger partial charge in [0.25, 0.3) is 0 Å². The molecule has 0 fully saturated rings. The van der Waals surface area contributed by atoms with Crippen LogP contribution in [0.2, 0.25) is 0 Å². The highest BCUT2D eigenvalue weighted by molar-refractivity contribution is 5.87. The highest BCUT2D eigenvalue weighted by atomic mass is 35.7. The van der Waals surface area contributed by atoms with Gasteiger partial charge in [-0.2, -0.15) is 0 Å². The molecule has 56 heavy (non-hydrogen) atoms. The topological polar surface area (TPSA) is 207 Å². The monoisotopic (exact) mass is 802 g/mol. The van der Waals surface area contributed by atoms with Gasteiger partial charge in [0, 0.05) is 12.1 Å². The SMILES string of the molecule is [O-][Cl+3]([O-])([O-])[O-].[O-][Cl+3]([O-])([O-])[O-].c1ccc2c(c1)CCc1c-2[o+]c2ccccc2c1CCCCCCCCCCc1c2c([o+]c3ccccc13)-c1ccccc1CC2. The van der Waals surface area contributed by atoms with E-state index in [1.54, 1.807) is 0 Å². The molecule has 2 aromatic heterocycles. The summed E-state index contributed by atoms with van der Waals surface area (Å²) in [5, 5.41) is 2.62. The number of hydrogen-bond acceptors (Lipinski definition) is 8. The van der Waals surface area contributed by atoms with Crippen molar-refractivity contribution in [1.82, 2.24) is 0 Å². The maximum absolute atomic E-state index is 8.49. The van der Waals surface area contributed by atoms with Crippen LogP contribution in [-0.2, 0) is 38.5 Å². The first-order valence-corrected chi connectivity index (χ1v) is 21.5. The minimum Gasteiger partial charge on any atom is -0.222 e. The molecule has 8 rings (SSSR count). The molecule has 0 radical (unpaired) electrons. The van der Waals surface area contributed by atoms with Gasteiger partial charge < -0.3 is 0 Å².